The topological polar surface area (TPSA) is 153 Å². The van der Waals surface area contributed by atoms with Gasteiger partial charge >= 0.3 is 12.1 Å². The lowest BCUT2D eigenvalue weighted by Crippen LogP contribution is -2.44. The number of ether oxygens (including phenoxy) is 2. The van der Waals surface area contributed by atoms with E-state index in [1.165, 1.54) is 25.0 Å². The lowest BCUT2D eigenvalue weighted by Gasteiger charge is -2.33. The Kier molecular flexibility index (Phi) is 8.10. The summed E-state index contributed by atoms with van der Waals surface area (Å²) in [6.07, 6.45) is -1.15. The molecule has 0 spiro atoms. The van der Waals surface area contributed by atoms with Gasteiger partial charge in [-0.15, -0.1) is 0 Å². The first-order valence-corrected chi connectivity index (χ1v) is 14.4. The molecule has 2 N–H and O–H groups in total. The third-order valence-corrected chi connectivity index (χ3v) is 8.30. The number of fused-ring (bicyclic) bond motifs is 1. The number of likely N-dealkylation sites (tertiary alicyclic amines) is 1. The number of alkyl halides is 2. The molecule has 1 aliphatic carbocycles. The van der Waals surface area contributed by atoms with Crippen molar-refractivity contribution in [2.24, 2.45) is 5.92 Å². The van der Waals surface area contributed by atoms with E-state index in [0.29, 0.717) is 0 Å². The summed E-state index contributed by atoms with van der Waals surface area (Å²) in [5.74, 6) is -5.26. The van der Waals surface area contributed by atoms with Crippen LogP contribution in [0.5, 0.6) is 0 Å². The fourth-order valence-electron chi connectivity index (χ4n) is 6.00. The zero-order valence-corrected chi connectivity index (χ0v) is 25.1. The van der Waals surface area contributed by atoms with Gasteiger partial charge < -0.3 is 24.7 Å². The number of halogens is 3. The van der Waals surface area contributed by atoms with Crippen LogP contribution in [-0.4, -0.2) is 74.9 Å². The van der Waals surface area contributed by atoms with Gasteiger partial charge in [-0.2, -0.15) is 0 Å². The van der Waals surface area contributed by atoms with Crippen LogP contribution in [0, 0.1) is 18.7 Å². The molecule has 238 valence electrons. The van der Waals surface area contributed by atoms with Crippen LogP contribution in [0.3, 0.4) is 0 Å². The highest BCUT2D eigenvalue weighted by Crippen LogP contribution is 2.43. The summed E-state index contributed by atoms with van der Waals surface area (Å²) in [5, 5.41) is 10.1. The summed E-state index contributed by atoms with van der Waals surface area (Å²) >= 11 is 0. The van der Waals surface area contributed by atoms with Gasteiger partial charge in [-0.3, -0.25) is 9.59 Å². The van der Waals surface area contributed by atoms with Crippen LogP contribution >= 0.6 is 0 Å². The molecule has 0 radical (unpaired) electrons. The van der Waals surface area contributed by atoms with Gasteiger partial charge in [-0.05, 0) is 64.1 Å². The van der Waals surface area contributed by atoms with Gasteiger partial charge in [0, 0.05) is 31.5 Å². The number of methoxy groups -OCH3 is 1. The molecule has 12 nitrogen and oxygen atoms in total. The Labute approximate surface area is 251 Å². The van der Waals surface area contributed by atoms with Gasteiger partial charge in [0.25, 0.3) is 5.91 Å². The molecule has 2 fully saturated rings. The number of esters is 1. The van der Waals surface area contributed by atoms with E-state index in [4.69, 9.17) is 9.47 Å². The molecule has 1 saturated heterocycles. The van der Waals surface area contributed by atoms with Crippen LogP contribution in [-0.2, 0) is 19.7 Å². The molecule has 5 rings (SSSR count). The van der Waals surface area contributed by atoms with Crippen molar-refractivity contribution in [2.75, 3.05) is 20.2 Å². The van der Waals surface area contributed by atoms with Crippen molar-refractivity contribution < 1.29 is 41.7 Å². The summed E-state index contributed by atoms with van der Waals surface area (Å²) in [6, 6.07) is 2.10. The number of carbonyl (C=O) groups excluding carboxylic acids is 3. The number of H-pyrrole nitrogens is 1. The van der Waals surface area contributed by atoms with Crippen LogP contribution in [0.2, 0.25) is 0 Å². The molecular weight excluding hydrogens is 585 g/mol. The zero-order valence-electron chi connectivity index (χ0n) is 25.1. The minimum Gasteiger partial charge on any atom is -0.459 e. The van der Waals surface area contributed by atoms with Crippen LogP contribution < -0.4 is 5.32 Å². The van der Waals surface area contributed by atoms with Crippen molar-refractivity contribution in [3.63, 3.8) is 0 Å². The van der Waals surface area contributed by atoms with Gasteiger partial charge in [0.05, 0.1) is 18.7 Å². The highest BCUT2D eigenvalue weighted by molar-refractivity contribution is 5.93. The molecule has 1 aliphatic heterocycles. The number of carbonyl (C=O) groups is 3. The Bertz CT molecular complexity index is 1570. The number of amides is 2. The number of nitrogens with zero attached hydrogens (tertiary/aromatic N) is 4. The van der Waals surface area contributed by atoms with E-state index < -0.39 is 52.7 Å². The minimum absolute atomic E-state index is 0.00843. The van der Waals surface area contributed by atoms with Crippen LogP contribution in [0.1, 0.15) is 86.5 Å². The largest absolute Gasteiger partial charge is 0.459 e. The molecular formula is C29H35F3N6O6. The average Bonchev–Trinajstić information content (AvgIpc) is 3.70. The molecule has 1 aromatic carbocycles. The molecule has 2 aliphatic rings. The SMILES string of the molecule is COC(=O)N1CCC(C(=O)OC(C)(C)C)(c2ccc3[nH]c([C@@H](NC(=O)c4nonc4C)C4CCC(F)(F)CC4)nc3c2F)C1. The highest BCUT2D eigenvalue weighted by Gasteiger charge is 2.52. The second-order valence-electron chi connectivity index (χ2n) is 12.5. The lowest BCUT2D eigenvalue weighted by atomic mass is 9.79. The first kappa shape index (κ1) is 31.3. The van der Waals surface area contributed by atoms with Crippen molar-refractivity contribution in [2.45, 2.75) is 82.8 Å². The lowest BCUT2D eigenvalue weighted by molar-refractivity contribution is -0.161. The van der Waals surface area contributed by atoms with Crippen molar-refractivity contribution in [1.29, 1.82) is 0 Å². The molecule has 1 unspecified atom stereocenters. The summed E-state index contributed by atoms with van der Waals surface area (Å²) in [6.45, 7) is 6.57. The minimum atomic E-state index is -2.82. The van der Waals surface area contributed by atoms with Crippen LogP contribution in [0.25, 0.3) is 11.0 Å². The molecule has 3 heterocycles. The van der Waals surface area contributed by atoms with Crippen molar-refractivity contribution in [1.82, 2.24) is 30.5 Å². The number of imidazole rings is 1. The number of hydrogen-bond acceptors (Lipinski definition) is 9. The number of aromatic amines is 1. The van der Waals surface area contributed by atoms with E-state index in [-0.39, 0.29) is 79.0 Å². The molecule has 2 atom stereocenters. The summed E-state index contributed by atoms with van der Waals surface area (Å²) < 4.78 is 59.7. The zero-order chi connectivity index (χ0) is 32.0. The number of nitrogens with one attached hydrogen (secondary N) is 2. The van der Waals surface area contributed by atoms with E-state index >= 15 is 4.39 Å². The first-order valence-electron chi connectivity index (χ1n) is 14.4. The molecule has 3 aromatic rings. The molecule has 44 heavy (non-hydrogen) atoms. The maximum atomic E-state index is 16.5. The highest BCUT2D eigenvalue weighted by atomic mass is 19.3. The van der Waals surface area contributed by atoms with E-state index in [9.17, 15) is 23.2 Å². The Morgan fingerprint density at radius 1 is 1.16 bits per heavy atom. The Balaban J connectivity index is 1.55. The number of benzene rings is 1. The summed E-state index contributed by atoms with van der Waals surface area (Å²) in [5.41, 5.74) is -2.12. The molecule has 2 amide bonds. The Hall–Kier alpha value is -4.17. The van der Waals surface area contributed by atoms with Gasteiger partial charge in [0.15, 0.2) is 11.5 Å². The van der Waals surface area contributed by atoms with Crippen molar-refractivity contribution in [3.05, 3.63) is 40.7 Å². The number of rotatable bonds is 6. The van der Waals surface area contributed by atoms with Gasteiger partial charge in [0.2, 0.25) is 5.92 Å². The number of aromatic nitrogens is 4. The second kappa shape index (κ2) is 11.4. The Morgan fingerprint density at radius 2 is 1.86 bits per heavy atom. The quantitative estimate of drug-likeness (QED) is 0.372. The molecule has 0 bridgehead atoms. The third kappa shape index (κ3) is 5.95. The van der Waals surface area contributed by atoms with Crippen LogP contribution in [0.4, 0.5) is 18.0 Å². The maximum absolute atomic E-state index is 16.5. The third-order valence-electron chi connectivity index (χ3n) is 8.30. The normalized spacial score (nSPS) is 21.3. The number of hydrogen-bond donors (Lipinski definition) is 2. The Morgan fingerprint density at radius 3 is 2.48 bits per heavy atom. The number of aryl methyl sites for hydroxylation is 1. The van der Waals surface area contributed by atoms with Crippen LogP contribution in [0.15, 0.2) is 16.8 Å². The molecule has 1 saturated carbocycles. The van der Waals surface area contributed by atoms with Crippen molar-refractivity contribution in [3.8, 4) is 0 Å². The van der Waals surface area contributed by atoms with Gasteiger partial charge in [-0.1, -0.05) is 11.2 Å². The van der Waals surface area contributed by atoms with E-state index in [1.807, 2.05) is 0 Å². The fourth-order valence-corrected chi connectivity index (χ4v) is 6.00. The van der Waals surface area contributed by atoms with E-state index in [1.54, 1.807) is 26.8 Å². The van der Waals surface area contributed by atoms with E-state index in [0.717, 1.165) is 0 Å². The summed E-state index contributed by atoms with van der Waals surface area (Å²) in [7, 11) is 1.22. The van der Waals surface area contributed by atoms with Gasteiger partial charge in [0.1, 0.15) is 28.1 Å². The predicted molar refractivity (Wildman–Crippen MR) is 148 cm³/mol. The summed E-state index contributed by atoms with van der Waals surface area (Å²) in [4.78, 5) is 47.9. The smallest absolute Gasteiger partial charge is 0.409 e. The first-order chi connectivity index (χ1) is 20.6. The van der Waals surface area contributed by atoms with E-state index in [2.05, 4.69) is 30.2 Å². The standard InChI is InChI=1S/C29H35F3N6O6/c1-15-20(37-44-36-15)24(39)35-21(16-8-10-29(31,32)11-9-16)23-33-18-7-6-17(19(30)22(18)34-23)28(25(40)43-27(2,3)4)12-13-38(14-28)26(41)42-5/h6-7,16,21H,8-14H2,1-5H3,(H,33,34)(H,35,39)/t21-,28?/m0/s1. The predicted octanol–water partition coefficient (Wildman–Crippen LogP) is 4.74. The monoisotopic (exact) mass is 620 g/mol. The molecule has 15 heteroatoms. The fraction of sp³-hybridized carbons (Fsp3) is 0.586. The molecule has 2 aromatic heterocycles. The average molecular weight is 621 g/mol. The maximum Gasteiger partial charge on any atom is 0.409 e. The van der Waals surface area contributed by atoms with Gasteiger partial charge in [-0.25, -0.2) is 27.6 Å². The second-order valence-corrected chi connectivity index (χ2v) is 12.5. The van der Waals surface area contributed by atoms with Crippen molar-refractivity contribution >= 4 is 29.0 Å².